The predicted octanol–water partition coefficient (Wildman–Crippen LogP) is 4.82. The summed E-state index contributed by atoms with van der Waals surface area (Å²) in [6.07, 6.45) is 1.84. The Morgan fingerprint density at radius 2 is 1.77 bits per heavy atom. The van der Waals surface area contributed by atoms with E-state index in [0.29, 0.717) is 18.8 Å². The van der Waals surface area contributed by atoms with Gasteiger partial charge in [0, 0.05) is 43.3 Å². The molecular formula is C22H18ClFN4OS. The van der Waals surface area contributed by atoms with Crippen LogP contribution < -0.4 is 4.90 Å². The van der Waals surface area contributed by atoms with E-state index in [9.17, 15) is 9.18 Å². The van der Waals surface area contributed by atoms with Crippen LogP contribution in [0.3, 0.4) is 0 Å². The lowest BCUT2D eigenvalue weighted by molar-refractivity contribution is 0.0740. The second-order valence-electron chi connectivity index (χ2n) is 7.14. The van der Waals surface area contributed by atoms with Gasteiger partial charge in [-0.2, -0.15) is 0 Å². The van der Waals surface area contributed by atoms with Crippen LogP contribution in [0.2, 0.25) is 5.02 Å². The fraction of sp³-hybridized carbons (Fsp3) is 0.182. The molecule has 1 saturated heterocycles. The lowest BCUT2D eigenvalue weighted by Gasteiger charge is -2.36. The van der Waals surface area contributed by atoms with Crippen LogP contribution in [0.4, 0.5) is 10.1 Å². The monoisotopic (exact) mass is 440 g/mol. The van der Waals surface area contributed by atoms with Gasteiger partial charge in [-0.15, -0.1) is 11.3 Å². The molecule has 1 fully saturated rings. The topological polar surface area (TPSA) is 40.9 Å². The Morgan fingerprint density at radius 1 is 1.03 bits per heavy atom. The quantitative estimate of drug-likeness (QED) is 0.458. The first-order valence-electron chi connectivity index (χ1n) is 9.61. The Balaban J connectivity index is 1.34. The van der Waals surface area contributed by atoms with Gasteiger partial charge in [0.25, 0.3) is 5.91 Å². The average molecular weight is 441 g/mol. The minimum Gasteiger partial charge on any atom is -0.367 e. The van der Waals surface area contributed by atoms with Crippen LogP contribution in [-0.2, 0) is 0 Å². The molecule has 0 N–H and O–H groups in total. The number of nitrogens with zero attached hydrogens (tertiary/aromatic N) is 4. The van der Waals surface area contributed by atoms with E-state index in [1.165, 1.54) is 23.5 Å². The Hall–Kier alpha value is -2.90. The van der Waals surface area contributed by atoms with Gasteiger partial charge in [0.15, 0.2) is 4.96 Å². The highest BCUT2D eigenvalue weighted by molar-refractivity contribution is 7.15. The summed E-state index contributed by atoms with van der Waals surface area (Å²) in [7, 11) is 0. The number of halogens is 2. The molecule has 8 heteroatoms. The molecule has 0 bridgehead atoms. The zero-order valence-corrected chi connectivity index (χ0v) is 17.5. The van der Waals surface area contributed by atoms with Gasteiger partial charge >= 0.3 is 0 Å². The maximum atomic E-state index is 13.2. The second-order valence-corrected chi connectivity index (χ2v) is 8.38. The van der Waals surface area contributed by atoms with Crippen molar-refractivity contribution in [3.05, 3.63) is 76.6 Å². The van der Waals surface area contributed by atoms with Gasteiger partial charge in [0.05, 0.1) is 16.4 Å². The summed E-state index contributed by atoms with van der Waals surface area (Å²) < 4.78 is 15.0. The van der Waals surface area contributed by atoms with E-state index in [2.05, 4.69) is 9.88 Å². The van der Waals surface area contributed by atoms with Crippen LogP contribution in [-0.4, -0.2) is 46.4 Å². The third kappa shape index (κ3) is 3.44. The standard InChI is InChI=1S/C22H18ClFN4OS/c23-17-3-1-2-4-19(17)26-9-11-27(12-10-26)21(29)20-14-30-22-25-18(13-28(20)22)15-5-7-16(24)8-6-15/h1-8,13-14H,9-12H2. The van der Waals surface area contributed by atoms with Crippen molar-refractivity contribution in [2.45, 2.75) is 0 Å². The number of hydrogen-bond donors (Lipinski definition) is 0. The number of anilines is 1. The van der Waals surface area contributed by atoms with Crippen LogP contribution in [0.5, 0.6) is 0 Å². The molecule has 4 aromatic rings. The highest BCUT2D eigenvalue weighted by Crippen LogP contribution is 2.27. The van der Waals surface area contributed by atoms with Crippen LogP contribution in [0.15, 0.2) is 60.1 Å². The third-order valence-corrected chi connectivity index (χ3v) is 6.49. The number of para-hydroxylation sites is 1. The maximum Gasteiger partial charge on any atom is 0.271 e. The molecule has 1 aliphatic rings. The Morgan fingerprint density at radius 3 is 2.50 bits per heavy atom. The minimum atomic E-state index is -0.286. The van der Waals surface area contributed by atoms with Crippen molar-refractivity contribution in [3.63, 3.8) is 0 Å². The van der Waals surface area contributed by atoms with Crippen molar-refractivity contribution in [2.24, 2.45) is 0 Å². The SMILES string of the molecule is O=C(c1csc2nc(-c3ccc(F)cc3)cn12)N1CCN(c2ccccc2Cl)CC1. The van der Waals surface area contributed by atoms with Crippen molar-refractivity contribution in [2.75, 3.05) is 31.1 Å². The lowest BCUT2D eigenvalue weighted by atomic mass is 10.2. The first kappa shape index (κ1) is 19.1. The van der Waals surface area contributed by atoms with Gasteiger partial charge in [0.1, 0.15) is 11.5 Å². The van der Waals surface area contributed by atoms with E-state index < -0.39 is 0 Å². The summed E-state index contributed by atoms with van der Waals surface area (Å²) in [5.74, 6) is -0.297. The molecule has 5 nitrogen and oxygen atoms in total. The predicted molar refractivity (Wildman–Crippen MR) is 118 cm³/mol. The zero-order valence-electron chi connectivity index (χ0n) is 16.0. The van der Waals surface area contributed by atoms with Crippen molar-refractivity contribution < 1.29 is 9.18 Å². The number of hydrogen-bond acceptors (Lipinski definition) is 4. The largest absolute Gasteiger partial charge is 0.367 e. The summed E-state index contributed by atoms with van der Waals surface area (Å²) in [4.78, 5) is 22.6. The molecule has 30 heavy (non-hydrogen) atoms. The average Bonchev–Trinajstić information content (AvgIpc) is 3.35. The molecule has 2 aromatic carbocycles. The van der Waals surface area contributed by atoms with E-state index in [1.54, 1.807) is 12.1 Å². The van der Waals surface area contributed by atoms with Gasteiger partial charge in [-0.1, -0.05) is 23.7 Å². The molecule has 0 unspecified atom stereocenters. The van der Waals surface area contributed by atoms with Gasteiger partial charge < -0.3 is 9.80 Å². The Labute approximate surface area is 181 Å². The molecule has 0 radical (unpaired) electrons. The highest BCUT2D eigenvalue weighted by Gasteiger charge is 2.25. The van der Waals surface area contributed by atoms with E-state index in [0.717, 1.165) is 40.0 Å². The Bertz CT molecular complexity index is 1210. The van der Waals surface area contributed by atoms with Gasteiger partial charge in [-0.05, 0) is 36.4 Å². The van der Waals surface area contributed by atoms with Crippen molar-refractivity contribution in [1.82, 2.24) is 14.3 Å². The molecule has 3 heterocycles. The van der Waals surface area contributed by atoms with Crippen LogP contribution >= 0.6 is 22.9 Å². The lowest BCUT2D eigenvalue weighted by Crippen LogP contribution is -2.49. The number of aromatic nitrogens is 2. The fourth-order valence-corrected chi connectivity index (χ4v) is 4.82. The fourth-order valence-electron chi connectivity index (χ4n) is 3.72. The van der Waals surface area contributed by atoms with Crippen LogP contribution in [0.25, 0.3) is 16.2 Å². The van der Waals surface area contributed by atoms with Crippen molar-refractivity contribution in [3.8, 4) is 11.3 Å². The number of imidazole rings is 1. The third-order valence-electron chi connectivity index (χ3n) is 5.33. The summed E-state index contributed by atoms with van der Waals surface area (Å²) >= 11 is 7.74. The highest BCUT2D eigenvalue weighted by atomic mass is 35.5. The maximum absolute atomic E-state index is 13.2. The van der Waals surface area contributed by atoms with Gasteiger partial charge in [0.2, 0.25) is 0 Å². The van der Waals surface area contributed by atoms with E-state index >= 15 is 0 Å². The molecule has 0 spiro atoms. The molecule has 0 saturated carbocycles. The zero-order chi connectivity index (χ0) is 20.7. The molecule has 1 aliphatic heterocycles. The van der Waals surface area contributed by atoms with Crippen molar-refractivity contribution in [1.29, 1.82) is 0 Å². The summed E-state index contributed by atoms with van der Waals surface area (Å²) in [6, 6.07) is 14.0. The molecular weight excluding hydrogens is 423 g/mol. The number of amides is 1. The number of rotatable bonds is 3. The number of benzene rings is 2. The summed E-state index contributed by atoms with van der Waals surface area (Å²) in [5.41, 5.74) is 3.14. The molecule has 2 aromatic heterocycles. The number of carbonyl (C=O) groups excluding carboxylic acids is 1. The Kier molecular flexibility index (Phi) is 4.92. The van der Waals surface area contributed by atoms with Gasteiger partial charge in [-0.25, -0.2) is 9.37 Å². The number of piperazine rings is 1. The first-order valence-corrected chi connectivity index (χ1v) is 10.9. The number of thiazole rings is 1. The molecule has 5 rings (SSSR count). The van der Waals surface area contributed by atoms with Crippen LogP contribution in [0.1, 0.15) is 10.5 Å². The first-order chi connectivity index (χ1) is 14.6. The minimum absolute atomic E-state index is 0.0110. The summed E-state index contributed by atoms with van der Waals surface area (Å²) in [6.45, 7) is 2.71. The second kappa shape index (κ2) is 7.74. The summed E-state index contributed by atoms with van der Waals surface area (Å²) in [5, 5.41) is 2.57. The number of carbonyl (C=O) groups is 1. The molecule has 0 aliphatic carbocycles. The molecule has 152 valence electrons. The van der Waals surface area contributed by atoms with Crippen molar-refractivity contribution >= 4 is 39.5 Å². The van der Waals surface area contributed by atoms with E-state index in [1.807, 2.05) is 45.1 Å². The normalized spacial score (nSPS) is 14.5. The smallest absolute Gasteiger partial charge is 0.271 e. The van der Waals surface area contributed by atoms with E-state index in [4.69, 9.17) is 11.6 Å². The van der Waals surface area contributed by atoms with Gasteiger partial charge in [-0.3, -0.25) is 9.20 Å². The van der Waals surface area contributed by atoms with E-state index in [-0.39, 0.29) is 11.7 Å². The number of fused-ring (bicyclic) bond motifs is 1. The molecule has 0 atom stereocenters. The molecule has 1 amide bonds. The van der Waals surface area contributed by atoms with Crippen LogP contribution in [0, 0.1) is 5.82 Å².